The van der Waals surface area contributed by atoms with Crippen molar-refractivity contribution in [1.29, 1.82) is 0 Å². The third-order valence-corrected chi connectivity index (χ3v) is 5.16. The van der Waals surface area contributed by atoms with Crippen molar-refractivity contribution in [1.82, 2.24) is 9.88 Å². The number of ether oxygens (including phenoxy) is 1. The minimum Gasteiger partial charge on any atom is -0.495 e. The van der Waals surface area contributed by atoms with Gasteiger partial charge < -0.3 is 15.0 Å². The molecule has 1 amide bonds. The number of nitrogens with one attached hydrogen (secondary N) is 1. The van der Waals surface area contributed by atoms with Gasteiger partial charge >= 0.3 is 0 Å². The molecule has 1 N–H and O–H groups in total. The third-order valence-electron chi connectivity index (χ3n) is 4.76. The molecule has 1 aliphatic rings. The van der Waals surface area contributed by atoms with Crippen LogP contribution in [0.1, 0.15) is 12.0 Å². The number of halogens is 1. The normalized spacial score (nSPS) is 14.9. The number of nitrogens with zero attached hydrogens (tertiary/aromatic N) is 3. The fourth-order valence-electron chi connectivity index (χ4n) is 3.14. The molecule has 0 saturated carbocycles. The number of rotatable bonds is 6. The molecule has 0 unspecified atom stereocenters. The van der Waals surface area contributed by atoms with Crippen molar-refractivity contribution in [3.8, 4) is 5.75 Å². The van der Waals surface area contributed by atoms with Crippen molar-refractivity contribution in [2.75, 3.05) is 50.1 Å². The molecule has 1 saturated heterocycles. The summed E-state index contributed by atoms with van der Waals surface area (Å²) in [5.74, 6) is 1.56. The van der Waals surface area contributed by atoms with Crippen molar-refractivity contribution < 1.29 is 9.53 Å². The lowest BCUT2D eigenvalue weighted by molar-refractivity contribution is -0.116. The average Bonchev–Trinajstić information content (AvgIpc) is 2.70. The summed E-state index contributed by atoms with van der Waals surface area (Å²) in [5, 5.41) is 3.55. The van der Waals surface area contributed by atoms with Gasteiger partial charge in [0, 0.05) is 56.4 Å². The van der Waals surface area contributed by atoms with Crippen LogP contribution < -0.4 is 15.0 Å². The molecule has 0 radical (unpaired) electrons. The van der Waals surface area contributed by atoms with Gasteiger partial charge in [-0.1, -0.05) is 17.7 Å². The van der Waals surface area contributed by atoms with Gasteiger partial charge in [-0.05, 0) is 30.7 Å². The highest BCUT2D eigenvalue weighted by molar-refractivity contribution is 6.31. The molecule has 0 atom stereocenters. The molecule has 3 rings (SSSR count). The maximum absolute atomic E-state index is 12.4. The van der Waals surface area contributed by atoms with Gasteiger partial charge in [0.15, 0.2) is 0 Å². The molecule has 0 aliphatic carbocycles. The number of aryl methyl sites for hydroxylation is 1. The summed E-state index contributed by atoms with van der Waals surface area (Å²) in [4.78, 5) is 21.3. The molecule has 1 fully saturated rings. The summed E-state index contributed by atoms with van der Waals surface area (Å²) in [6.07, 6.45) is 2.26. The largest absolute Gasteiger partial charge is 0.495 e. The van der Waals surface area contributed by atoms with Crippen molar-refractivity contribution in [2.45, 2.75) is 13.3 Å². The number of hydrogen-bond acceptors (Lipinski definition) is 5. The molecule has 144 valence electrons. The van der Waals surface area contributed by atoms with Gasteiger partial charge in [0.05, 0.1) is 12.8 Å². The first-order valence-electron chi connectivity index (χ1n) is 9.09. The van der Waals surface area contributed by atoms with Crippen molar-refractivity contribution in [2.24, 2.45) is 0 Å². The molecule has 2 heterocycles. The van der Waals surface area contributed by atoms with Gasteiger partial charge in [-0.25, -0.2) is 4.98 Å². The van der Waals surface area contributed by atoms with E-state index in [4.69, 9.17) is 16.3 Å². The number of hydrogen-bond donors (Lipinski definition) is 1. The molecule has 0 bridgehead atoms. The van der Waals surface area contributed by atoms with Crippen molar-refractivity contribution in [3.63, 3.8) is 0 Å². The van der Waals surface area contributed by atoms with E-state index in [1.807, 2.05) is 37.4 Å². The molecule has 27 heavy (non-hydrogen) atoms. The fraction of sp³-hybridized carbons (Fsp3) is 0.400. The lowest BCUT2D eigenvalue weighted by Gasteiger charge is -2.35. The molecule has 6 nitrogen and oxygen atoms in total. The van der Waals surface area contributed by atoms with Gasteiger partial charge in [-0.15, -0.1) is 0 Å². The van der Waals surface area contributed by atoms with Crippen molar-refractivity contribution in [3.05, 3.63) is 47.1 Å². The Bertz CT molecular complexity index is 777. The Morgan fingerprint density at radius 1 is 1.26 bits per heavy atom. The van der Waals surface area contributed by atoms with Crippen LogP contribution in [0.15, 0.2) is 36.5 Å². The Balaban J connectivity index is 1.47. The van der Waals surface area contributed by atoms with Crippen LogP contribution in [0.2, 0.25) is 5.02 Å². The molecule has 1 aliphatic heterocycles. The summed E-state index contributed by atoms with van der Waals surface area (Å²) >= 11 is 6.11. The van der Waals surface area contributed by atoms with Crippen LogP contribution >= 0.6 is 11.6 Å². The number of methoxy groups -OCH3 is 1. The monoisotopic (exact) mass is 388 g/mol. The highest BCUT2D eigenvalue weighted by Crippen LogP contribution is 2.31. The molecule has 0 spiro atoms. The predicted octanol–water partition coefficient (Wildman–Crippen LogP) is 3.20. The van der Waals surface area contributed by atoms with Gasteiger partial charge in [0.2, 0.25) is 5.91 Å². The smallest absolute Gasteiger partial charge is 0.225 e. The van der Waals surface area contributed by atoms with E-state index in [1.165, 1.54) is 0 Å². The topological polar surface area (TPSA) is 57.7 Å². The number of carbonyl (C=O) groups is 1. The number of amides is 1. The van der Waals surface area contributed by atoms with Crippen LogP contribution in [0.5, 0.6) is 5.75 Å². The van der Waals surface area contributed by atoms with E-state index in [2.05, 4.69) is 20.1 Å². The lowest BCUT2D eigenvalue weighted by atomic mass is 10.2. The Morgan fingerprint density at radius 3 is 2.70 bits per heavy atom. The van der Waals surface area contributed by atoms with E-state index in [9.17, 15) is 4.79 Å². The minimum absolute atomic E-state index is 0.0258. The maximum atomic E-state index is 12.4. The van der Waals surface area contributed by atoms with Crippen LogP contribution in [0.25, 0.3) is 0 Å². The predicted molar refractivity (Wildman–Crippen MR) is 109 cm³/mol. The highest BCUT2D eigenvalue weighted by atomic mass is 35.5. The van der Waals surface area contributed by atoms with Crippen LogP contribution in [0.3, 0.4) is 0 Å². The molecule has 1 aromatic heterocycles. The van der Waals surface area contributed by atoms with E-state index >= 15 is 0 Å². The van der Waals surface area contributed by atoms with Gasteiger partial charge in [-0.2, -0.15) is 0 Å². The Hall–Kier alpha value is -2.31. The number of benzene rings is 1. The number of pyridine rings is 1. The Kier molecular flexibility index (Phi) is 6.53. The first-order chi connectivity index (χ1) is 13.1. The summed E-state index contributed by atoms with van der Waals surface area (Å²) in [6.45, 7) is 6.32. The lowest BCUT2D eigenvalue weighted by Crippen LogP contribution is -2.47. The van der Waals surface area contributed by atoms with Gasteiger partial charge in [0.25, 0.3) is 0 Å². The zero-order valence-corrected chi connectivity index (χ0v) is 16.5. The Labute approximate surface area is 165 Å². The van der Waals surface area contributed by atoms with E-state index in [-0.39, 0.29) is 5.91 Å². The minimum atomic E-state index is -0.0258. The summed E-state index contributed by atoms with van der Waals surface area (Å²) < 4.78 is 5.31. The third kappa shape index (κ3) is 5.11. The van der Waals surface area contributed by atoms with E-state index in [1.54, 1.807) is 13.2 Å². The second-order valence-electron chi connectivity index (χ2n) is 6.62. The fourth-order valence-corrected chi connectivity index (χ4v) is 3.30. The molecule has 7 heteroatoms. The molecular formula is C20H25ClN4O2. The van der Waals surface area contributed by atoms with Crippen molar-refractivity contribution >= 4 is 29.0 Å². The summed E-state index contributed by atoms with van der Waals surface area (Å²) in [5.41, 5.74) is 1.56. The number of carbonyl (C=O) groups excluding carboxylic acids is 1. The van der Waals surface area contributed by atoms with Gasteiger partial charge in [0.1, 0.15) is 11.6 Å². The second kappa shape index (κ2) is 9.06. The molecular weight excluding hydrogens is 364 g/mol. The van der Waals surface area contributed by atoms with Crippen LogP contribution in [0.4, 0.5) is 11.5 Å². The zero-order valence-electron chi connectivity index (χ0n) is 15.7. The van der Waals surface area contributed by atoms with Crippen LogP contribution in [0, 0.1) is 6.92 Å². The zero-order chi connectivity index (χ0) is 19.2. The quantitative estimate of drug-likeness (QED) is 0.823. The summed E-state index contributed by atoms with van der Waals surface area (Å²) in [6, 6.07) is 9.53. The first-order valence-corrected chi connectivity index (χ1v) is 9.47. The average molecular weight is 389 g/mol. The van der Waals surface area contributed by atoms with E-state index in [0.29, 0.717) is 22.9 Å². The Morgan fingerprint density at radius 2 is 2.04 bits per heavy atom. The first kappa shape index (κ1) is 19.5. The molecule has 2 aromatic rings. The van der Waals surface area contributed by atoms with Gasteiger partial charge in [-0.3, -0.25) is 9.69 Å². The number of anilines is 2. The van der Waals surface area contributed by atoms with E-state index < -0.39 is 0 Å². The van der Waals surface area contributed by atoms with E-state index in [0.717, 1.165) is 44.1 Å². The van der Waals surface area contributed by atoms with Crippen LogP contribution in [-0.4, -0.2) is 55.6 Å². The standard InChI is InChI=1S/C20H25ClN4O2/c1-15-13-17(18(27-2)14-16(15)21)23-20(26)6-8-24-9-11-25(12-10-24)19-5-3-4-7-22-19/h3-5,7,13-14H,6,8-12H2,1-2H3,(H,23,26). The second-order valence-corrected chi connectivity index (χ2v) is 7.02. The molecule has 1 aromatic carbocycles. The summed E-state index contributed by atoms with van der Waals surface area (Å²) in [7, 11) is 1.57. The number of aromatic nitrogens is 1. The number of piperazine rings is 1. The maximum Gasteiger partial charge on any atom is 0.225 e. The SMILES string of the molecule is COc1cc(Cl)c(C)cc1NC(=O)CCN1CCN(c2ccccn2)CC1. The highest BCUT2D eigenvalue weighted by Gasteiger charge is 2.18. The van der Waals surface area contributed by atoms with Crippen LogP contribution in [-0.2, 0) is 4.79 Å².